The maximum absolute atomic E-state index is 12.8. The molecular formula is C71H116O6. The lowest BCUT2D eigenvalue weighted by Gasteiger charge is -2.18. The molecule has 0 heterocycles. The van der Waals surface area contributed by atoms with Crippen molar-refractivity contribution < 1.29 is 28.6 Å². The second-order valence-electron chi connectivity index (χ2n) is 20.6. The van der Waals surface area contributed by atoms with Gasteiger partial charge in [-0.3, -0.25) is 14.4 Å². The molecule has 0 rings (SSSR count). The number of allylic oxidation sites excluding steroid dienone is 22. The van der Waals surface area contributed by atoms with Crippen molar-refractivity contribution in [3.8, 4) is 0 Å². The fourth-order valence-electron chi connectivity index (χ4n) is 8.47. The molecule has 1 unspecified atom stereocenters. The first-order valence-corrected chi connectivity index (χ1v) is 31.7. The maximum Gasteiger partial charge on any atom is 0.306 e. The van der Waals surface area contributed by atoms with E-state index in [4.69, 9.17) is 14.2 Å². The Hall–Kier alpha value is -4.45. The minimum Gasteiger partial charge on any atom is -0.462 e. The standard InChI is InChI=1S/C71H116O6/c1-4-7-10-13-15-17-19-21-23-25-27-29-31-32-33-34-35-36-37-38-40-41-43-45-47-49-51-53-55-58-61-64-70(73)76-67-68(66-75-69(72)63-60-57-12-9-6-3)77-71(74)65-62-59-56-54-52-50-48-46-44-42-39-30-28-26-24-22-20-18-16-14-11-8-5-2/h7-8,10-11,15-18,21-24,27-30,32-33,35-36,38,40,68H,4-6,9,12-14,19-20,25-26,31,34,37,39,41-67H2,1-3H3/b10-7-,11-8-,17-15-,18-16-,23-21-,24-22-,29-27-,30-28-,33-32-,36-35-,40-38-. The van der Waals surface area contributed by atoms with Gasteiger partial charge >= 0.3 is 17.9 Å². The highest BCUT2D eigenvalue weighted by Crippen LogP contribution is 2.15. The van der Waals surface area contributed by atoms with Gasteiger partial charge < -0.3 is 14.2 Å². The first-order valence-electron chi connectivity index (χ1n) is 31.7. The second-order valence-corrected chi connectivity index (χ2v) is 20.6. The molecule has 0 radical (unpaired) electrons. The summed E-state index contributed by atoms with van der Waals surface area (Å²) in [5.74, 6) is -0.908. The lowest BCUT2D eigenvalue weighted by Crippen LogP contribution is -2.30. The van der Waals surface area contributed by atoms with E-state index >= 15 is 0 Å². The van der Waals surface area contributed by atoms with E-state index in [-0.39, 0.29) is 31.1 Å². The molecule has 0 aliphatic heterocycles. The molecule has 77 heavy (non-hydrogen) atoms. The van der Waals surface area contributed by atoms with Gasteiger partial charge in [-0.05, 0) is 116 Å². The second kappa shape index (κ2) is 64.1. The molecule has 0 saturated heterocycles. The van der Waals surface area contributed by atoms with Crippen LogP contribution in [0.25, 0.3) is 0 Å². The molecule has 0 saturated carbocycles. The first kappa shape index (κ1) is 72.5. The third-order valence-electron chi connectivity index (χ3n) is 13.2. The summed E-state index contributed by atoms with van der Waals surface area (Å²) < 4.78 is 16.8. The van der Waals surface area contributed by atoms with Gasteiger partial charge in [0, 0.05) is 19.3 Å². The molecular weight excluding hydrogens is 949 g/mol. The van der Waals surface area contributed by atoms with E-state index in [1.165, 1.54) is 96.3 Å². The zero-order valence-corrected chi connectivity index (χ0v) is 49.9. The molecule has 0 aromatic heterocycles. The van der Waals surface area contributed by atoms with Crippen molar-refractivity contribution in [2.45, 2.75) is 284 Å². The van der Waals surface area contributed by atoms with E-state index in [0.717, 1.165) is 141 Å². The van der Waals surface area contributed by atoms with E-state index < -0.39 is 6.10 Å². The summed E-state index contributed by atoms with van der Waals surface area (Å²) in [5.41, 5.74) is 0. The number of unbranched alkanes of at least 4 members (excludes halogenated alkanes) is 23. The van der Waals surface area contributed by atoms with E-state index in [9.17, 15) is 14.4 Å². The van der Waals surface area contributed by atoms with Crippen molar-refractivity contribution in [2.24, 2.45) is 0 Å². The van der Waals surface area contributed by atoms with Crippen LogP contribution < -0.4 is 0 Å². The van der Waals surface area contributed by atoms with Crippen LogP contribution in [0.1, 0.15) is 278 Å². The molecule has 6 heteroatoms. The fraction of sp³-hybridized carbons (Fsp3) is 0.648. The Morgan fingerprint density at radius 3 is 0.792 bits per heavy atom. The summed E-state index contributed by atoms with van der Waals surface area (Å²) in [4.78, 5) is 37.9. The van der Waals surface area contributed by atoms with E-state index in [2.05, 4.69) is 154 Å². The van der Waals surface area contributed by atoms with Crippen LogP contribution in [0.3, 0.4) is 0 Å². The van der Waals surface area contributed by atoms with Crippen LogP contribution in [-0.4, -0.2) is 37.2 Å². The summed E-state index contributed by atoms with van der Waals surface area (Å²) in [6.45, 7) is 6.33. The van der Waals surface area contributed by atoms with Crippen LogP contribution in [0.15, 0.2) is 134 Å². The number of hydrogen-bond donors (Lipinski definition) is 0. The Morgan fingerprint density at radius 1 is 0.273 bits per heavy atom. The van der Waals surface area contributed by atoms with Gasteiger partial charge in [-0.25, -0.2) is 0 Å². The molecule has 1 atom stereocenters. The van der Waals surface area contributed by atoms with E-state index in [0.29, 0.717) is 19.3 Å². The smallest absolute Gasteiger partial charge is 0.306 e. The number of carbonyl (C=O) groups is 3. The van der Waals surface area contributed by atoms with Gasteiger partial charge in [-0.2, -0.15) is 0 Å². The third-order valence-corrected chi connectivity index (χ3v) is 13.2. The average molecular weight is 1070 g/mol. The van der Waals surface area contributed by atoms with Crippen molar-refractivity contribution >= 4 is 17.9 Å². The summed E-state index contributed by atoms with van der Waals surface area (Å²) in [7, 11) is 0. The molecule has 0 N–H and O–H groups in total. The average Bonchev–Trinajstić information content (AvgIpc) is 3.43. The lowest BCUT2D eigenvalue weighted by molar-refractivity contribution is -0.167. The molecule has 0 aromatic rings. The Bertz CT molecular complexity index is 1650. The third kappa shape index (κ3) is 62.3. The van der Waals surface area contributed by atoms with Crippen LogP contribution >= 0.6 is 0 Å². The molecule has 6 nitrogen and oxygen atoms in total. The fourth-order valence-corrected chi connectivity index (χ4v) is 8.47. The number of hydrogen-bond acceptors (Lipinski definition) is 6. The zero-order valence-electron chi connectivity index (χ0n) is 49.9. The largest absolute Gasteiger partial charge is 0.462 e. The van der Waals surface area contributed by atoms with Crippen LogP contribution in [0.2, 0.25) is 0 Å². The van der Waals surface area contributed by atoms with E-state index in [1.807, 2.05) is 0 Å². The molecule has 0 aliphatic carbocycles. The van der Waals surface area contributed by atoms with Gasteiger partial charge in [0.2, 0.25) is 0 Å². The Morgan fingerprint density at radius 2 is 0.506 bits per heavy atom. The number of carbonyl (C=O) groups excluding carboxylic acids is 3. The summed E-state index contributed by atoms with van der Waals surface area (Å²) >= 11 is 0. The summed E-state index contributed by atoms with van der Waals surface area (Å²) in [6.07, 6.45) is 90.7. The van der Waals surface area contributed by atoms with Crippen molar-refractivity contribution in [1.82, 2.24) is 0 Å². The SMILES string of the molecule is CC/C=C\C/C=C\C/C=C\C/C=C\C/C=C\C/C=C\C/C=C\CCCCCCCCCCCC(=O)OCC(COC(=O)CCCCCCC)OC(=O)CCCCCCCCCCCC/C=C\C/C=C\C/C=C\C/C=C\CC. The monoisotopic (exact) mass is 1060 g/mol. The normalized spacial score (nSPS) is 13.0. The molecule has 0 aliphatic rings. The Labute approximate surface area is 475 Å². The van der Waals surface area contributed by atoms with Gasteiger partial charge in [-0.1, -0.05) is 276 Å². The van der Waals surface area contributed by atoms with E-state index in [1.54, 1.807) is 0 Å². The highest BCUT2D eigenvalue weighted by molar-refractivity contribution is 5.71. The lowest BCUT2D eigenvalue weighted by atomic mass is 10.0. The topological polar surface area (TPSA) is 78.9 Å². The highest BCUT2D eigenvalue weighted by atomic mass is 16.6. The minimum absolute atomic E-state index is 0.0843. The van der Waals surface area contributed by atoms with Crippen LogP contribution in [-0.2, 0) is 28.6 Å². The number of esters is 3. The van der Waals surface area contributed by atoms with Gasteiger partial charge in [-0.15, -0.1) is 0 Å². The molecule has 0 bridgehead atoms. The van der Waals surface area contributed by atoms with Gasteiger partial charge in [0.25, 0.3) is 0 Å². The van der Waals surface area contributed by atoms with Crippen molar-refractivity contribution in [3.63, 3.8) is 0 Å². The van der Waals surface area contributed by atoms with Crippen LogP contribution in [0.4, 0.5) is 0 Å². The van der Waals surface area contributed by atoms with Crippen LogP contribution in [0, 0.1) is 0 Å². The number of rotatable bonds is 56. The Balaban J connectivity index is 4.09. The van der Waals surface area contributed by atoms with Gasteiger partial charge in [0.1, 0.15) is 13.2 Å². The quantitative estimate of drug-likeness (QED) is 0.0261. The predicted octanol–water partition coefficient (Wildman–Crippen LogP) is 21.8. The summed E-state index contributed by atoms with van der Waals surface area (Å²) in [5, 5.41) is 0. The van der Waals surface area contributed by atoms with Crippen molar-refractivity contribution in [1.29, 1.82) is 0 Å². The van der Waals surface area contributed by atoms with Crippen LogP contribution in [0.5, 0.6) is 0 Å². The highest BCUT2D eigenvalue weighted by Gasteiger charge is 2.19. The predicted molar refractivity (Wildman–Crippen MR) is 334 cm³/mol. The molecule has 0 amide bonds. The molecule has 0 aromatic carbocycles. The Kier molecular flexibility index (Phi) is 60.4. The maximum atomic E-state index is 12.8. The first-order chi connectivity index (χ1) is 38.0. The summed E-state index contributed by atoms with van der Waals surface area (Å²) in [6, 6.07) is 0. The minimum atomic E-state index is -0.784. The van der Waals surface area contributed by atoms with Gasteiger partial charge in [0.05, 0.1) is 0 Å². The van der Waals surface area contributed by atoms with Crippen molar-refractivity contribution in [3.05, 3.63) is 134 Å². The number of ether oxygens (including phenoxy) is 3. The van der Waals surface area contributed by atoms with Gasteiger partial charge in [0.15, 0.2) is 6.10 Å². The molecule has 0 spiro atoms. The molecule has 436 valence electrons. The molecule has 0 fully saturated rings. The zero-order chi connectivity index (χ0) is 55.7. The van der Waals surface area contributed by atoms with Crippen molar-refractivity contribution in [2.75, 3.05) is 13.2 Å².